The Hall–Kier alpha value is -4.32. The number of para-hydroxylation sites is 1. The zero-order valence-electron chi connectivity index (χ0n) is 18.7. The minimum absolute atomic E-state index is 0.0327. The van der Waals surface area contributed by atoms with E-state index in [-0.39, 0.29) is 12.3 Å². The first-order valence-electron chi connectivity index (χ1n) is 11.1. The van der Waals surface area contributed by atoms with Gasteiger partial charge in [-0.2, -0.15) is 0 Å². The van der Waals surface area contributed by atoms with E-state index >= 15 is 0 Å². The van der Waals surface area contributed by atoms with Gasteiger partial charge in [0.15, 0.2) is 0 Å². The van der Waals surface area contributed by atoms with Crippen LogP contribution in [0.4, 0.5) is 5.69 Å². The molecule has 0 aliphatic heterocycles. The molecule has 4 aromatic rings. The lowest BCUT2D eigenvalue weighted by molar-refractivity contribution is -0.384. The van der Waals surface area contributed by atoms with E-state index in [1.165, 1.54) is 17.7 Å². The van der Waals surface area contributed by atoms with Gasteiger partial charge in [0.05, 0.1) is 21.7 Å². The highest BCUT2D eigenvalue weighted by Crippen LogP contribution is 2.38. The highest BCUT2D eigenvalue weighted by molar-refractivity contribution is 6.07. The van der Waals surface area contributed by atoms with Gasteiger partial charge in [-0.05, 0) is 54.2 Å². The van der Waals surface area contributed by atoms with Gasteiger partial charge in [0.2, 0.25) is 0 Å². The van der Waals surface area contributed by atoms with Crippen molar-refractivity contribution in [1.82, 2.24) is 4.98 Å². The number of non-ortho nitro benzene ring substituents is 1. The topological polar surface area (TPSA) is 82.3 Å². The second-order valence-electron chi connectivity index (χ2n) is 8.41. The van der Waals surface area contributed by atoms with Crippen molar-refractivity contribution >= 4 is 34.2 Å². The van der Waals surface area contributed by atoms with Crippen molar-refractivity contribution in [1.29, 1.82) is 0 Å². The van der Waals surface area contributed by atoms with Crippen LogP contribution in [0.15, 0.2) is 72.8 Å². The van der Waals surface area contributed by atoms with E-state index in [0.29, 0.717) is 17.5 Å². The van der Waals surface area contributed by atoms with Gasteiger partial charge < -0.3 is 4.74 Å². The predicted octanol–water partition coefficient (Wildman–Crippen LogP) is 6.30. The summed E-state index contributed by atoms with van der Waals surface area (Å²) in [6.07, 6.45) is 3.62. The maximum absolute atomic E-state index is 13.3. The largest absolute Gasteiger partial charge is 0.457 e. The van der Waals surface area contributed by atoms with E-state index in [9.17, 15) is 14.9 Å². The Balaban J connectivity index is 1.51. The molecule has 3 aromatic carbocycles. The van der Waals surface area contributed by atoms with Crippen molar-refractivity contribution in [2.24, 2.45) is 0 Å². The molecule has 34 heavy (non-hydrogen) atoms. The lowest BCUT2D eigenvalue weighted by Crippen LogP contribution is -2.10. The lowest BCUT2D eigenvalue weighted by atomic mass is 10.0. The molecule has 6 heteroatoms. The molecule has 1 heterocycles. The predicted molar refractivity (Wildman–Crippen MR) is 131 cm³/mol. The molecule has 0 radical (unpaired) electrons. The van der Waals surface area contributed by atoms with E-state index in [2.05, 4.69) is 37.3 Å². The number of nitro groups is 1. The van der Waals surface area contributed by atoms with Crippen LogP contribution >= 0.6 is 0 Å². The van der Waals surface area contributed by atoms with E-state index in [4.69, 9.17) is 9.72 Å². The van der Waals surface area contributed by atoms with Gasteiger partial charge >= 0.3 is 5.97 Å². The number of esters is 1. The average molecular weight is 450 g/mol. The third-order valence-corrected chi connectivity index (χ3v) is 6.06. The molecule has 0 bridgehead atoms. The number of hydrogen-bond donors (Lipinski definition) is 0. The standard InChI is InChI=1S/C28H22N2O4/c1-18-9-11-19(12-10-18)15-21-13-14-24-26(23-7-2-3-8-25(23)29-27(21)24)28(31)34-17-20-5-4-6-22(16-20)30(32)33/h2-12,15-16H,13-14,17H2,1H3. The zero-order valence-corrected chi connectivity index (χ0v) is 18.7. The Morgan fingerprint density at radius 3 is 2.65 bits per heavy atom. The summed E-state index contributed by atoms with van der Waals surface area (Å²) in [5.74, 6) is -0.446. The molecule has 1 aliphatic carbocycles. The number of aromatic nitrogens is 1. The number of ether oxygens (including phenoxy) is 1. The molecule has 168 valence electrons. The number of allylic oxidation sites excluding steroid dienone is 1. The van der Waals surface area contributed by atoms with Crippen LogP contribution in [0.3, 0.4) is 0 Å². The molecule has 0 spiro atoms. The van der Waals surface area contributed by atoms with Crippen molar-refractivity contribution < 1.29 is 14.5 Å². The highest BCUT2D eigenvalue weighted by atomic mass is 16.6. The number of carbonyl (C=O) groups is 1. The summed E-state index contributed by atoms with van der Waals surface area (Å²) in [6.45, 7) is 2.01. The zero-order chi connectivity index (χ0) is 23.7. The van der Waals surface area contributed by atoms with Crippen molar-refractivity contribution in [3.8, 4) is 0 Å². The number of nitrogens with zero attached hydrogens (tertiary/aromatic N) is 2. The second kappa shape index (κ2) is 8.90. The van der Waals surface area contributed by atoms with E-state index in [1.54, 1.807) is 12.1 Å². The quantitative estimate of drug-likeness (QED) is 0.203. The fourth-order valence-corrected chi connectivity index (χ4v) is 4.36. The monoisotopic (exact) mass is 450 g/mol. The summed E-state index contributed by atoms with van der Waals surface area (Å²) in [5, 5.41) is 11.8. The molecular weight excluding hydrogens is 428 g/mol. The molecule has 0 saturated heterocycles. The summed E-state index contributed by atoms with van der Waals surface area (Å²) in [5.41, 5.74) is 6.91. The van der Waals surface area contributed by atoms with Crippen LogP contribution in [0.25, 0.3) is 22.6 Å². The number of pyridine rings is 1. The lowest BCUT2D eigenvalue weighted by Gasteiger charge is -2.12. The normalized spacial score (nSPS) is 13.7. The number of fused-ring (bicyclic) bond motifs is 2. The smallest absolute Gasteiger partial charge is 0.339 e. The minimum atomic E-state index is -0.462. The van der Waals surface area contributed by atoms with Crippen LogP contribution in [0.2, 0.25) is 0 Å². The summed E-state index contributed by atoms with van der Waals surface area (Å²) in [4.78, 5) is 28.8. The first-order chi connectivity index (χ1) is 16.5. The Labute approximate surface area is 196 Å². The summed E-state index contributed by atoms with van der Waals surface area (Å²) >= 11 is 0. The first-order valence-corrected chi connectivity index (χ1v) is 11.1. The fraction of sp³-hybridized carbons (Fsp3) is 0.143. The van der Waals surface area contributed by atoms with E-state index < -0.39 is 10.9 Å². The molecule has 0 saturated carbocycles. The molecule has 0 N–H and O–H groups in total. The Bertz CT molecular complexity index is 1460. The summed E-state index contributed by atoms with van der Waals surface area (Å²) in [7, 11) is 0. The van der Waals surface area contributed by atoms with Gasteiger partial charge in [0.1, 0.15) is 6.61 Å². The fourth-order valence-electron chi connectivity index (χ4n) is 4.36. The van der Waals surface area contributed by atoms with Crippen LogP contribution in [0.5, 0.6) is 0 Å². The van der Waals surface area contributed by atoms with Crippen LogP contribution in [0, 0.1) is 17.0 Å². The average Bonchev–Trinajstić information content (AvgIpc) is 3.24. The van der Waals surface area contributed by atoms with E-state index in [0.717, 1.165) is 39.7 Å². The van der Waals surface area contributed by atoms with Gasteiger partial charge in [0, 0.05) is 17.5 Å². The summed E-state index contributed by atoms with van der Waals surface area (Å²) in [6, 6.07) is 22.0. The third-order valence-electron chi connectivity index (χ3n) is 6.06. The molecule has 0 amide bonds. The highest BCUT2D eigenvalue weighted by Gasteiger charge is 2.27. The molecule has 0 atom stereocenters. The molecule has 0 unspecified atom stereocenters. The van der Waals surface area contributed by atoms with Gasteiger partial charge in [-0.3, -0.25) is 10.1 Å². The molecule has 0 fully saturated rings. The molecule has 5 rings (SSSR count). The number of hydrogen-bond acceptors (Lipinski definition) is 5. The van der Waals surface area contributed by atoms with Crippen LogP contribution < -0.4 is 0 Å². The Kier molecular flexibility index (Phi) is 5.64. The summed E-state index contributed by atoms with van der Waals surface area (Å²) < 4.78 is 5.64. The van der Waals surface area contributed by atoms with Crippen LogP contribution in [-0.2, 0) is 17.8 Å². The second-order valence-corrected chi connectivity index (χ2v) is 8.41. The molecule has 6 nitrogen and oxygen atoms in total. The third kappa shape index (κ3) is 4.18. The van der Waals surface area contributed by atoms with Gasteiger partial charge in [-0.1, -0.05) is 60.2 Å². The van der Waals surface area contributed by atoms with Gasteiger partial charge in [0.25, 0.3) is 5.69 Å². The molecular formula is C28H22N2O4. The Morgan fingerprint density at radius 1 is 1.06 bits per heavy atom. The van der Waals surface area contributed by atoms with Crippen LogP contribution in [0.1, 0.15) is 44.7 Å². The van der Waals surface area contributed by atoms with Crippen molar-refractivity contribution in [3.05, 3.63) is 116 Å². The first kappa shape index (κ1) is 21.5. The van der Waals surface area contributed by atoms with E-state index in [1.807, 2.05) is 24.3 Å². The van der Waals surface area contributed by atoms with Gasteiger partial charge in [-0.25, -0.2) is 9.78 Å². The molecule has 1 aromatic heterocycles. The van der Waals surface area contributed by atoms with Crippen LogP contribution in [-0.4, -0.2) is 15.9 Å². The number of carbonyl (C=O) groups excluding carboxylic acids is 1. The maximum atomic E-state index is 13.3. The number of benzene rings is 3. The SMILES string of the molecule is Cc1ccc(C=C2CCc3c2nc2ccccc2c3C(=O)OCc2cccc([N+](=O)[O-])c2)cc1. The van der Waals surface area contributed by atoms with Crippen molar-refractivity contribution in [3.63, 3.8) is 0 Å². The number of aryl methyl sites for hydroxylation is 1. The van der Waals surface area contributed by atoms with Crippen molar-refractivity contribution in [2.75, 3.05) is 0 Å². The van der Waals surface area contributed by atoms with Crippen molar-refractivity contribution in [2.45, 2.75) is 26.4 Å². The minimum Gasteiger partial charge on any atom is -0.457 e. The van der Waals surface area contributed by atoms with Gasteiger partial charge in [-0.15, -0.1) is 0 Å². The molecule has 1 aliphatic rings. The number of rotatable bonds is 5. The maximum Gasteiger partial charge on any atom is 0.339 e. The Morgan fingerprint density at radius 2 is 1.85 bits per heavy atom. The number of nitro benzene ring substituents is 1.